The Labute approximate surface area is 205 Å². The number of carbonyl (C=O) groups excluding carboxylic acids is 1. The second kappa shape index (κ2) is 11.2. The highest BCUT2D eigenvalue weighted by molar-refractivity contribution is 7.99. The molecule has 0 bridgehead atoms. The summed E-state index contributed by atoms with van der Waals surface area (Å²) in [5, 5.41) is 11.7. The Balaban J connectivity index is 1.79. The molecule has 1 atom stereocenters. The van der Waals surface area contributed by atoms with Gasteiger partial charge in [-0.1, -0.05) is 60.6 Å². The number of benzene rings is 2. The van der Waals surface area contributed by atoms with Gasteiger partial charge in [0, 0.05) is 0 Å². The van der Waals surface area contributed by atoms with Crippen LogP contribution in [0, 0.1) is 0 Å². The van der Waals surface area contributed by atoms with E-state index in [0.29, 0.717) is 11.7 Å². The van der Waals surface area contributed by atoms with Crippen molar-refractivity contribution in [1.82, 2.24) is 19.7 Å². The van der Waals surface area contributed by atoms with Gasteiger partial charge in [-0.3, -0.25) is 9.69 Å². The topological polar surface area (TPSA) is 63.1 Å². The number of carbonyl (C=O) groups is 1. The summed E-state index contributed by atoms with van der Waals surface area (Å²) < 4.78 is 41.0. The SMILES string of the molecule is CC[C@H](c1nnc(SCC(=O)Nc2cc(C(F)(F)F)ccc2Cl)n1Cc1ccccc1)N(C)C. The van der Waals surface area contributed by atoms with E-state index in [1.165, 1.54) is 0 Å². The van der Waals surface area contributed by atoms with E-state index in [2.05, 4.69) is 27.3 Å². The first-order valence-electron chi connectivity index (χ1n) is 10.5. The summed E-state index contributed by atoms with van der Waals surface area (Å²) in [5.41, 5.74) is 0.0767. The highest BCUT2D eigenvalue weighted by atomic mass is 35.5. The molecule has 0 aliphatic carbocycles. The van der Waals surface area contributed by atoms with Gasteiger partial charge in [-0.05, 0) is 44.3 Å². The van der Waals surface area contributed by atoms with Crippen LogP contribution >= 0.6 is 23.4 Å². The van der Waals surface area contributed by atoms with Crippen LogP contribution in [0.5, 0.6) is 0 Å². The van der Waals surface area contributed by atoms with E-state index in [1.807, 2.05) is 49.0 Å². The largest absolute Gasteiger partial charge is 0.416 e. The number of amides is 1. The summed E-state index contributed by atoms with van der Waals surface area (Å²) >= 11 is 7.15. The maximum Gasteiger partial charge on any atom is 0.416 e. The van der Waals surface area contributed by atoms with Gasteiger partial charge in [0.1, 0.15) is 0 Å². The molecule has 0 radical (unpaired) electrons. The van der Waals surface area contributed by atoms with E-state index in [0.717, 1.165) is 47.8 Å². The fourth-order valence-electron chi connectivity index (χ4n) is 3.46. The Hall–Kier alpha value is -2.56. The summed E-state index contributed by atoms with van der Waals surface area (Å²) in [6.45, 7) is 2.59. The lowest BCUT2D eigenvalue weighted by molar-refractivity contribution is -0.137. The molecule has 0 aliphatic heterocycles. The van der Waals surface area contributed by atoms with Gasteiger partial charge >= 0.3 is 6.18 Å². The van der Waals surface area contributed by atoms with Crippen molar-refractivity contribution >= 4 is 35.0 Å². The fourth-order valence-corrected chi connectivity index (χ4v) is 4.37. The molecule has 11 heteroatoms. The van der Waals surface area contributed by atoms with Crippen LogP contribution in [0.4, 0.5) is 18.9 Å². The first kappa shape index (κ1) is 26.1. The van der Waals surface area contributed by atoms with E-state index in [1.54, 1.807) is 0 Å². The van der Waals surface area contributed by atoms with E-state index >= 15 is 0 Å². The first-order chi connectivity index (χ1) is 16.1. The molecular weight excluding hydrogens is 487 g/mol. The maximum atomic E-state index is 13.0. The number of hydrogen-bond acceptors (Lipinski definition) is 5. The Morgan fingerprint density at radius 2 is 1.88 bits per heavy atom. The van der Waals surface area contributed by atoms with Crippen molar-refractivity contribution in [2.75, 3.05) is 25.2 Å². The van der Waals surface area contributed by atoms with Crippen LogP contribution in [0.2, 0.25) is 5.02 Å². The van der Waals surface area contributed by atoms with Crippen LogP contribution in [0.3, 0.4) is 0 Å². The first-order valence-corrected chi connectivity index (χ1v) is 11.9. The molecule has 1 N–H and O–H groups in total. The third-order valence-electron chi connectivity index (χ3n) is 5.14. The molecule has 1 heterocycles. The Kier molecular flexibility index (Phi) is 8.62. The van der Waals surface area contributed by atoms with Gasteiger partial charge in [-0.2, -0.15) is 13.2 Å². The average Bonchev–Trinajstić information content (AvgIpc) is 3.16. The van der Waals surface area contributed by atoms with Gasteiger partial charge in [0.2, 0.25) is 5.91 Å². The standard InChI is InChI=1S/C23H25ClF3N5OS/c1-4-19(31(2)3)21-29-30-22(32(21)13-15-8-6-5-7-9-15)34-14-20(33)28-18-12-16(23(25,26)27)10-11-17(18)24/h5-12,19H,4,13-14H2,1-3H3,(H,28,33)/t19-/m1/s1. The third kappa shape index (κ3) is 6.52. The summed E-state index contributed by atoms with van der Waals surface area (Å²) in [6, 6.07) is 12.7. The molecule has 3 aromatic rings. The number of thioether (sulfide) groups is 1. The van der Waals surface area contributed by atoms with Crippen molar-refractivity contribution in [3.63, 3.8) is 0 Å². The molecule has 0 unspecified atom stereocenters. The van der Waals surface area contributed by atoms with Crippen LogP contribution in [0.25, 0.3) is 0 Å². The molecule has 1 amide bonds. The number of halogens is 4. The van der Waals surface area contributed by atoms with Gasteiger partial charge in [0.25, 0.3) is 0 Å². The predicted octanol–water partition coefficient (Wildman–Crippen LogP) is 5.74. The monoisotopic (exact) mass is 511 g/mol. The number of nitrogens with zero attached hydrogens (tertiary/aromatic N) is 4. The number of anilines is 1. The maximum absolute atomic E-state index is 13.0. The summed E-state index contributed by atoms with van der Waals surface area (Å²) in [6.07, 6.45) is -3.72. The van der Waals surface area contributed by atoms with Gasteiger partial charge < -0.3 is 9.88 Å². The third-order valence-corrected chi connectivity index (χ3v) is 6.43. The van der Waals surface area contributed by atoms with Crippen molar-refractivity contribution in [3.05, 3.63) is 70.5 Å². The fraction of sp³-hybridized carbons (Fsp3) is 0.348. The predicted molar refractivity (Wildman–Crippen MR) is 128 cm³/mol. The minimum atomic E-state index is -4.54. The van der Waals surface area contributed by atoms with E-state index in [-0.39, 0.29) is 22.5 Å². The van der Waals surface area contributed by atoms with E-state index in [4.69, 9.17) is 11.6 Å². The zero-order valence-electron chi connectivity index (χ0n) is 18.9. The van der Waals surface area contributed by atoms with Gasteiger partial charge in [0.15, 0.2) is 11.0 Å². The van der Waals surface area contributed by atoms with Crippen LogP contribution < -0.4 is 5.32 Å². The molecule has 1 aromatic heterocycles. The molecule has 2 aromatic carbocycles. The van der Waals surface area contributed by atoms with Crippen LogP contribution in [0.15, 0.2) is 53.7 Å². The number of rotatable bonds is 9. The molecular formula is C23H25ClF3N5OS. The van der Waals surface area contributed by atoms with Gasteiger partial charge in [0.05, 0.1) is 34.6 Å². The Bertz CT molecular complexity index is 1120. The molecule has 3 rings (SSSR count). The highest BCUT2D eigenvalue weighted by Crippen LogP contribution is 2.34. The minimum Gasteiger partial charge on any atom is -0.324 e. The van der Waals surface area contributed by atoms with E-state index in [9.17, 15) is 18.0 Å². The summed E-state index contributed by atoms with van der Waals surface area (Å²) in [5.74, 6) is 0.208. The normalized spacial score (nSPS) is 12.7. The minimum absolute atomic E-state index is 0.0256. The van der Waals surface area contributed by atoms with Crippen molar-refractivity contribution in [1.29, 1.82) is 0 Å². The summed E-state index contributed by atoms with van der Waals surface area (Å²) in [7, 11) is 3.93. The number of aromatic nitrogens is 3. The second-order valence-electron chi connectivity index (χ2n) is 7.83. The van der Waals surface area contributed by atoms with Crippen molar-refractivity contribution in [2.45, 2.75) is 37.3 Å². The molecule has 0 aliphatic rings. The van der Waals surface area contributed by atoms with Gasteiger partial charge in [-0.15, -0.1) is 10.2 Å². The number of alkyl halides is 3. The quantitative estimate of drug-likeness (QED) is 0.371. The molecule has 0 saturated carbocycles. The molecule has 0 saturated heterocycles. The zero-order valence-corrected chi connectivity index (χ0v) is 20.5. The van der Waals surface area contributed by atoms with Gasteiger partial charge in [-0.25, -0.2) is 0 Å². The Morgan fingerprint density at radius 1 is 1.18 bits per heavy atom. The van der Waals surface area contributed by atoms with Crippen LogP contribution in [-0.2, 0) is 17.5 Å². The lowest BCUT2D eigenvalue weighted by Crippen LogP contribution is -2.23. The zero-order chi connectivity index (χ0) is 24.9. The molecule has 0 spiro atoms. The highest BCUT2D eigenvalue weighted by Gasteiger charge is 2.31. The molecule has 34 heavy (non-hydrogen) atoms. The lowest BCUT2D eigenvalue weighted by Gasteiger charge is -2.23. The second-order valence-corrected chi connectivity index (χ2v) is 9.18. The van der Waals surface area contributed by atoms with Crippen LogP contribution in [0.1, 0.15) is 36.3 Å². The Morgan fingerprint density at radius 3 is 2.50 bits per heavy atom. The van der Waals surface area contributed by atoms with Crippen molar-refractivity contribution < 1.29 is 18.0 Å². The smallest absolute Gasteiger partial charge is 0.324 e. The van der Waals surface area contributed by atoms with Crippen molar-refractivity contribution in [2.24, 2.45) is 0 Å². The number of hydrogen-bond donors (Lipinski definition) is 1. The van der Waals surface area contributed by atoms with Crippen molar-refractivity contribution in [3.8, 4) is 0 Å². The molecule has 182 valence electrons. The molecule has 6 nitrogen and oxygen atoms in total. The van der Waals surface area contributed by atoms with Crippen LogP contribution in [-0.4, -0.2) is 45.4 Å². The number of nitrogens with one attached hydrogen (secondary N) is 1. The van der Waals surface area contributed by atoms with E-state index < -0.39 is 17.6 Å². The average molecular weight is 512 g/mol. The lowest BCUT2D eigenvalue weighted by atomic mass is 10.2. The summed E-state index contributed by atoms with van der Waals surface area (Å²) in [4.78, 5) is 14.6. The molecule has 0 fully saturated rings.